The van der Waals surface area contributed by atoms with Gasteiger partial charge in [0.05, 0.1) is 13.2 Å². The molecule has 1 rings (SSSR count). The number of hydrogen-bond donors (Lipinski definition) is 2. The lowest BCUT2D eigenvalue weighted by atomic mass is 10.1. The summed E-state index contributed by atoms with van der Waals surface area (Å²) in [6.45, 7) is 3.91. The van der Waals surface area contributed by atoms with E-state index in [2.05, 4.69) is 0 Å². The lowest BCUT2D eigenvalue weighted by Crippen LogP contribution is -2.29. The van der Waals surface area contributed by atoms with Crippen LogP contribution in [0.15, 0.2) is 18.2 Å². The monoisotopic (exact) mass is 243 g/mol. The van der Waals surface area contributed by atoms with Gasteiger partial charge in [-0.3, -0.25) is 4.90 Å². The predicted octanol–water partition coefficient (Wildman–Crippen LogP) is 1.44. The third-order valence-corrected chi connectivity index (χ3v) is 2.79. The van der Waals surface area contributed by atoms with Crippen LogP contribution in [-0.4, -0.2) is 41.4 Å². The molecule has 90 valence electrons. The van der Waals surface area contributed by atoms with Gasteiger partial charge in [-0.05, 0) is 24.1 Å². The van der Waals surface area contributed by atoms with Gasteiger partial charge in [-0.1, -0.05) is 23.7 Å². The zero-order chi connectivity index (χ0) is 12.0. The molecule has 1 aromatic carbocycles. The van der Waals surface area contributed by atoms with Gasteiger partial charge >= 0.3 is 0 Å². The minimum atomic E-state index is 0.0868. The van der Waals surface area contributed by atoms with Crippen LogP contribution in [0.5, 0.6) is 0 Å². The van der Waals surface area contributed by atoms with Crippen LogP contribution in [0.25, 0.3) is 0 Å². The summed E-state index contributed by atoms with van der Waals surface area (Å²) < 4.78 is 0. The topological polar surface area (TPSA) is 43.7 Å². The highest BCUT2D eigenvalue weighted by Crippen LogP contribution is 2.19. The maximum Gasteiger partial charge on any atom is 0.0558 e. The standard InChI is InChI=1S/C12H18ClNO2/c1-10-2-3-11(12(13)8-10)9-14(4-6-15)5-7-16/h2-3,8,15-16H,4-7,9H2,1H3. The fourth-order valence-electron chi connectivity index (χ4n) is 1.57. The normalized spacial score (nSPS) is 11.1. The number of halogens is 1. The Balaban J connectivity index is 2.68. The summed E-state index contributed by atoms with van der Waals surface area (Å²) >= 11 is 6.12. The Bertz CT molecular complexity index is 325. The Morgan fingerprint density at radius 1 is 1.19 bits per heavy atom. The molecule has 0 atom stereocenters. The summed E-state index contributed by atoms with van der Waals surface area (Å²) in [7, 11) is 0. The molecular weight excluding hydrogens is 226 g/mol. The minimum Gasteiger partial charge on any atom is -0.395 e. The molecule has 0 aliphatic rings. The van der Waals surface area contributed by atoms with E-state index in [9.17, 15) is 0 Å². The van der Waals surface area contributed by atoms with Crippen molar-refractivity contribution in [2.24, 2.45) is 0 Å². The number of aliphatic hydroxyl groups is 2. The Morgan fingerprint density at radius 3 is 2.31 bits per heavy atom. The molecule has 0 amide bonds. The molecule has 0 saturated heterocycles. The molecule has 0 saturated carbocycles. The first kappa shape index (κ1) is 13.5. The number of hydrogen-bond acceptors (Lipinski definition) is 3. The quantitative estimate of drug-likeness (QED) is 0.795. The first-order chi connectivity index (χ1) is 7.67. The second-order valence-electron chi connectivity index (χ2n) is 3.82. The molecule has 2 N–H and O–H groups in total. The average molecular weight is 244 g/mol. The molecule has 0 radical (unpaired) electrons. The molecule has 3 nitrogen and oxygen atoms in total. The highest BCUT2D eigenvalue weighted by atomic mass is 35.5. The maximum absolute atomic E-state index is 8.90. The van der Waals surface area contributed by atoms with Crippen molar-refractivity contribution in [3.05, 3.63) is 34.3 Å². The third kappa shape index (κ3) is 4.10. The first-order valence-electron chi connectivity index (χ1n) is 5.36. The van der Waals surface area contributed by atoms with Crippen molar-refractivity contribution in [2.75, 3.05) is 26.3 Å². The first-order valence-corrected chi connectivity index (χ1v) is 5.74. The second kappa shape index (κ2) is 6.86. The van der Waals surface area contributed by atoms with Crippen LogP contribution in [0.1, 0.15) is 11.1 Å². The summed E-state index contributed by atoms with van der Waals surface area (Å²) in [6, 6.07) is 5.92. The van der Waals surface area contributed by atoms with Gasteiger partial charge in [-0.15, -0.1) is 0 Å². The number of rotatable bonds is 6. The van der Waals surface area contributed by atoms with Crippen LogP contribution >= 0.6 is 11.6 Å². The summed E-state index contributed by atoms with van der Waals surface area (Å²) in [5.74, 6) is 0. The second-order valence-corrected chi connectivity index (χ2v) is 4.23. The van der Waals surface area contributed by atoms with E-state index in [1.807, 2.05) is 30.0 Å². The summed E-state index contributed by atoms with van der Waals surface area (Å²) in [4.78, 5) is 1.97. The molecule has 4 heteroatoms. The maximum atomic E-state index is 8.90. The van der Waals surface area contributed by atoms with Crippen molar-refractivity contribution in [1.82, 2.24) is 4.90 Å². The molecule has 0 aliphatic carbocycles. The van der Waals surface area contributed by atoms with Gasteiger partial charge in [-0.2, -0.15) is 0 Å². The van der Waals surface area contributed by atoms with E-state index in [1.165, 1.54) is 0 Å². The number of nitrogens with zero attached hydrogens (tertiary/aromatic N) is 1. The number of benzene rings is 1. The highest BCUT2D eigenvalue weighted by Gasteiger charge is 2.07. The summed E-state index contributed by atoms with van der Waals surface area (Å²) in [5.41, 5.74) is 2.15. The summed E-state index contributed by atoms with van der Waals surface area (Å²) in [6.07, 6.45) is 0. The SMILES string of the molecule is Cc1ccc(CN(CCO)CCO)c(Cl)c1. The van der Waals surface area contributed by atoms with Crippen LogP contribution < -0.4 is 0 Å². The third-order valence-electron chi connectivity index (χ3n) is 2.43. The average Bonchev–Trinajstić information content (AvgIpc) is 2.23. The van der Waals surface area contributed by atoms with Gasteiger partial charge in [0.2, 0.25) is 0 Å². The Hall–Kier alpha value is -0.610. The van der Waals surface area contributed by atoms with Gasteiger partial charge in [0.1, 0.15) is 0 Å². The zero-order valence-electron chi connectivity index (χ0n) is 9.49. The van der Waals surface area contributed by atoms with Crippen molar-refractivity contribution < 1.29 is 10.2 Å². The number of aryl methyl sites for hydroxylation is 1. The van der Waals surface area contributed by atoms with Crippen molar-refractivity contribution >= 4 is 11.6 Å². The lowest BCUT2D eigenvalue weighted by molar-refractivity contribution is 0.156. The molecule has 16 heavy (non-hydrogen) atoms. The predicted molar refractivity (Wildman–Crippen MR) is 65.6 cm³/mol. The fourth-order valence-corrected chi connectivity index (χ4v) is 1.87. The van der Waals surface area contributed by atoms with Gasteiger partial charge in [0.25, 0.3) is 0 Å². The van der Waals surface area contributed by atoms with Crippen LogP contribution in [0.3, 0.4) is 0 Å². The Kier molecular flexibility index (Phi) is 5.77. The molecule has 0 spiro atoms. The lowest BCUT2D eigenvalue weighted by Gasteiger charge is -2.20. The van der Waals surface area contributed by atoms with E-state index in [-0.39, 0.29) is 13.2 Å². The van der Waals surface area contributed by atoms with E-state index >= 15 is 0 Å². The zero-order valence-corrected chi connectivity index (χ0v) is 10.2. The van der Waals surface area contributed by atoms with E-state index < -0.39 is 0 Å². The van der Waals surface area contributed by atoms with Crippen molar-refractivity contribution in [1.29, 1.82) is 0 Å². The fraction of sp³-hybridized carbons (Fsp3) is 0.500. The van der Waals surface area contributed by atoms with Crippen molar-refractivity contribution in [3.63, 3.8) is 0 Å². The van der Waals surface area contributed by atoms with Gasteiger partial charge in [0, 0.05) is 24.7 Å². The van der Waals surface area contributed by atoms with Crippen LogP contribution in [0, 0.1) is 6.92 Å². The molecule has 0 aromatic heterocycles. The van der Waals surface area contributed by atoms with Gasteiger partial charge in [-0.25, -0.2) is 0 Å². The molecular formula is C12H18ClNO2. The van der Waals surface area contributed by atoms with E-state index in [4.69, 9.17) is 21.8 Å². The smallest absolute Gasteiger partial charge is 0.0558 e. The van der Waals surface area contributed by atoms with E-state index in [1.54, 1.807) is 0 Å². The Labute approximate surface area is 101 Å². The minimum absolute atomic E-state index is 0.0868. The Morgan fingerprint density at radius 2 is 1.81 bits per heavy atom. The molecule has 0 bridgehead atoms. The number of aliphatic hydroxyl groups excluding tert-OH is 2. The van der Waals surface area contributed by atoms with Crippen molar-refractivity contribution in [3.8, 4) is 0 Å². The van der Waals surface area contributed by atoms with Crippen molar-refractivity contribution in [2.45, 2.75) is 13.5 Å². The highest BCUT2D eigenvalue weighted by molar-refractivity contribution is 6.31. The molecule has 1 aromatic rings. The van der Waals surface area contributed by atoms with Crippen LogP contribution in [0.4, 0.5) is 0 Å². The van der Waals surface area contributed by atoms with Crippen LogP contribution in [0.2, 0.25) is 5.02 Å². The molecule has 0 unspecified atom stereocenters. The largest absolute Gasteiger partial charge is 0.395 e. The molecule has 0 aliphatic heterocycles. The molecule has 0 fully saturated rings. The van der Waals surface area contributed by atoms with E-state index in [0.717, 1.165) is 16.1 Å². The van der Waals surface area contributed by atoms with E-state index in [0.29, 0.717) is 19.6 Å². The summed E-state index contributed by atoms with van der Waals surface area (Å²) in [5, 5.41) is 18.5. The van der Waals surface area contributed by atoms with Gasteiger partial charge < -0.3 is 10.2 Å². The van der Waals surface area contributed by atoms with Gasteiger partial charge in [0.15, 0.2) is 0 Å². The van der Waals surface area contributed by atoms with Crippen LogP contribution in [-0.2, 0) is 6.54 Å². The molecule has 0 heterocycles.